The number of rotatable bonds is 2. The normalized spacial score (nSPS) is 24.4. The summed E-state index contributed by atoms with van der Waals surface area (Å²) in [6.07, 6.45) is 6.64. The van der Waals surface area contributed by atoms with Crippen LogP contribution >= 0.6 is 0 Å². The van der Waals surface area contributed by atoms with Gasteiger partial charge in [-0.15, -0.1) is 0 Å². The van der Waals surface area contributed by atoms with Crippen LogP contribution in [-0.2, 0) is 4.79 Å². The molecule has 1 aromatic carbocycles. The first-order valence-corrected chi connectivity index (χ1v) is 8.00. The minimum Gasteiger partial charge on any atom is -0.325 e. The zero-order valence-corrected chi connectivity index (χ0v) is 12.8. The molecular weight excluding hydrogens is 246 g/mol. The SMILES string of the molecule is Cc1cc(C)c2c(c1)C(C(C)C1CCCCC1)C(=O)N2. The molecule has 20 heavy (non-hydrogen) atoms. The highest BCUT2D eigenvalue weighted by Gasteiger charge is 2.38. The maximum Gasteiger partial charge on any atom is 0.232 e. The highest BCUT2D eigenvalue weighted by atomic mass is 16.2. The lowest BCUT2D eigenvalue weighted by Gasteiger charge is -2.31. The zero-order chi connectivity index (χ0) is 14.3. The van der Waals surface area contributed by atoms with Crippen molar-refractivity contribution in [2.24, 2.45) is 11.8 Å². The maximum atomic E-state index is 12.5. The van der Waals surface area contributed by atoms with E-state index in [1.54, 1.807) is 0 Å². The summed E-state index contributed by atoms with van der Waals surface area (Å²) in [5, 5.41) is 3.12. The third-order valence-electron chi connectivity index (χ3n) is 5.30. The summed E-state index contributed by atoms with van der Waals surface area (Å²) in [6, 6.07) is 4.37. The predicted octanol–water partition coefficient (Wildman–Crippen LogP) is 4.56. The van der Waals surface area contributed by atoms with E-state index in [0.717, 1.165) is 5.69 Å². The molecule has 2 unspecified atom stereocenters. The topological polar surface area (TPSA) is 29.1 Å². The molecule has 2 atom stereocenters. The van der Waals surface area contributed by atoms with Crippen LogP contribution in [-0.4, -0.2) is 5.91 Å². The van der Waals surface area contributed by atoms with E-state index in [2.05, 4.69) is 38.2 Å². The number of benzene rings is 1. The molecule has 1 aromatic rings. The van der Waals surface area contributed by atoms with Gasteiger partial charge in [-0.25, -0.2) is 0 Å². The Balaban J connectivity index is 1.93. The minimum absolute atomic E-state index is 0.0618. The van der Waals surface area contributed by atoms with Crippen LogP contribution in [0.4, 0.5) is 5.69 Å². The largest absolute Gasteiger partial charge is 0.325 e. The van der Waals surface area contributed by atoms with Gasteiger partial charge in [0.1, 0.15) is 0 Å². The Hall–Kier alpha value is -1.31. The van der Waals surface area contributed by atoms with Crippen LogP contribution in [0.25, 0.3) is 0 Å². The average molecular weight is 271 g/mol. The van der Waals surface area contributed by atoms with Crippen molar-refractivity contribution in [1.82, 2.24) is 0 Å². The number of nitrogens with one attached hydrogen (secondary N) is 1. The summed E-state index contributed by atoms with van der Waals surface area (Å²) in [6.45, 7) is 6.51. The van der Waals surface area contributed by atoms with Crippen LogP contribution < -0.4 is 5.32 Å². The van der Waals surface area contributed by atoms with Crippen molar-refractivity contribution in [2.45, 2.75) is 58.8 Å². The number of aryl methyl sites for hydroxylation is 2. The van der Waals surface area contributed by atoms with Crippen LogP contribution in [0.5, 0.6) is 0 Å². The Morgan fingerprint density at radius 3 is 2.55 bits per heavy atom. The van der Waals surface area contributed by atoms with Crippen molar-refractivity contribution in [3.05, 3.63) is 28.8 Å². The van der Waals surface area contributed by atoms with Gasteiger partial charge >= 0.3 is 0 Å². The fourth-order valence-electron chi connectivity index (χ4n) is 4.21. The first-order valence-electron chi connectivity index (χ1n) is 8.00. The molecule has 1 fully saturated rings. The summed E-state index contributed by atoms with van der Waals surface area (Å²) in [4.78, 5) is 12.5. The second-order valence-corrected chi connectivity index (χ2v) is 6.77. The lowest BCUT2D eigenvalue weighted by Crippen LogP contribution is -2.26. The van der Waals surface area contributed by atoms with E-state index in [1.807, 2.05) is 0 Å². The molecule has 2 heteroatoms. The van der Waals surface area contributed by atoms with E-state index in [9.17, 15) is 4.79 Å². The Morgan fingerprint density at radius 2 is 1.85 bits per heavy atom. The van der Waals surface area contributed by atoms with Crippen LogP contribution in [0.2, 0.25) is 0 Å². The summed E-state index contributed by atoms with van der Waals surface area (Å²) in [5.74, 6) is 1.45. The fourth-order valence-corrected chi connectivity index (χ4v) is 4.21. The molecule has 0 aromatic heterocycles. The lowest BCUT2D eigenvalue weighted by atomic mass is 9.73. The zero-order valence-electron chi connectivity index (χ0n) is 12.8. The molecule has 1 saturated carbocycles. The molecule has 1 aliphatic heterocycles. The molecule has 0 bridgehead atoms. The van der Waals surface area contributed by atoms with Crippen molar-refractivity contribution in [3.8, 4) is 0 Å². The molecular formula is C18H25NO. The molecule has 0 saturated heterocycles. The van der Waals surface area contributed by atoms with Crippen LogP contribution in [0.3, 0.4) is 0 Å². The monoisotopic (exact) mass is 271 g/mol. The second-order valence-electron chi connectivity index (χ2n) is 6.77. The Bertz CT molecular complexity index is 528. The summed E-state index contributed by atoms with van der Waals surface area (Å²) >= 11 is 0. The molecule has 0 radical (unpaired) electrons. The van der Waals surface area contributed by atoms with E-state index in [4.69, 9.17) is 0 Å². The van der Waals surface area contributed by atoms with Crippen molar-refractivity contribution in [3.63, 3.8) is 0 Å². The van der Waals surface area contributed by atoms with E-state index in [-0.39, 0.29) is 11.8 Å². The highest BCUT2D eigenvalue weighted by molar-refractivity contribution is 6.04. The van der Waals surface area contributed by atoms with Crippen molar-refractivity contribution in [1.29, 1.82) is 0 Å². The van der Waals surface area contributed by atoms with Gasteiger partial charge in [-0.1, -0.05) is 56.7 Å². The molecule has 1 N–H and O–H groups in total. The molecule has 108 valence electrons. The van der Waals surface area contributed by atoms with Gasteiger partial charge < -0.3 is 5.32 Å². The number of fused-ring (bicyclic) bond motifs is 1. The number of hydrogen-bond donors (Lipinski definition) is 1. The van der Waals surface area contributed by atoms with Crippen molar-refractivity contribution in [2.75, 3.05) is 5.32 Å². The average Bonchev–Trinajstić information content (AvgIpc) is 2.76. The first kappa shape index (κ1) is 13.7. The van der Waals surface area contributed by atoms with E-state index in [1.165, 1.54) is 48.8 Å². The van der Waals surface area contributed by atoms with Crippen LogP contribution in [0.15, 0.2) is 12.1 Å². The molecule has 0 spiro atoms. The van der Waals surface area contributed by atoms with E-state index in [0.29, 0.717) is 11.8 Å². The lowest BCUT2D eigenvalue weighted by molar-refractivity contribution is -0.118. The van der Waals surface area contributed by atoms with Crippen LogP contribution in [0.1, 0.15) is 61.6 Å². The van der Waals surface area contributed by atoms with Gasteiger partial charge in [0.2, 0.25) is 5.91 Å². The summed E-state index contributed by atoms with van der Waals surface area (Å²) in [7, 11) is 0. The summed E-state index contributed by atoms with van der Waals surface area (Å²) < 4.78 is 0. The van der Waals surface area contributed by atoms with Gasteiger partial charge in [0, 0.05) is 5.69 Å². The smallest absolute Gasteiger partial charge is 0.232 e. The van der Waals surface area contributed by atoms with Gasteiger partial charge in [0.15, 0.2) is 0 Å². The van der Waals surface area contributed by atoms with Crippen molar-refractivity contribution < 1.29 is 4.79 Å². The van der Waals surface area contributed by atoms with Gasteiger partial charge in [0.05, 0.1) is 5.92 Å². The van der Waals surface area contributed by atoms with Gasteiger partial charge in [-0.05, 0) is 36.8 Å². The first-order chi connectivity index (χ1) is 9.58. The molecule has 2 nitrogen and oxygen atoms in total. The van der Waals surface area contributed by atoms with Crippen LogP contribution in [0, 0.1) is 25.7 Å². The summed E-state index contributed by atoms with van der Waals surface area (Å²) in [5.41, 5.74) is 4.78. The number of anilines is 1. The Labute approximate surface area is 122 Å². The number of carbonyl (C=O) groups is 1. The number of hydrogen-bond acceptors (Lipinski definition) is 1. The van der Waals surface area contributed by atoms with E-state index < -0.39 is 0 Å². The number of carbonyl (C=O) groups excluding carboxylic acids is 1. The third kappa shape index (κ3) is 2.25. The Kier molecular flexibility index (Phi) is 3.57. The van der Waals surface area contributed by atoms with E-state index >= 15 is 0 Å². The Morgan fingerprint density at radius 1 is 1.15 bits per heavy atom. The minimum atomic E-state index is 0.0618. The van der Waals surface area contributed by atoms with Gasteiger partial charge in [0.25, 0.3) is 0 Å². The molecule has 2 aliphatic rings. The molecule has 3 rings (SSSR count). The predicted molar refractivity (Wildman–Crippen MR) is 83.0 cm³/mol. The standard InChI is InChI=1S/C18H25NO/c1-11-9-12(2)17-15(10-11)16(18(20)19-17)13(3)14-7-5-4-6-8-14/h9-10,13-14,16H,4-8H2,1-3H3,(H,19,20). The molecule has 1 amide bonds. The molecule has 1 heterocycles. The maximum absolute atomic E-state index is 12.5. The van der Waals surface area contributed by atoms with Crippen molar-refractivity contribution >= 4 is 11.6 Å². The second kappa shape index (κ2) is 5.23. The third-order valence-corrected chi connectivity index (χ3v) is 5.30. The highest BCUT2D eigenvalue weighted by Crippen LogP contribution is 2.45. The van der Waals surface area contributed by atoms with Gasteiger partial charge in [-0.3, -0.25) is 4.79 Å². The fraction of sp³-hybridized carbons (Fsp3) is 0.611. The van der Waals surface area contributed by atoms with Gasteiger partial charge in [-0.2, -0.15) is 0 Å². The quantitative estimate of drug-likeness (QED) is 0.839. The number of amides is 1. The molecule has 1 aliphatic carbocycles.